The van der Waals surface area contributed by atoms with Gasteiger partial charge in [0.25, 0.3) is 5.91 Å². The Balaban J connectivity index is 1.88. The molecule has 0 aliphatic heterocycles. The highest BCUT2D eigenvalue weighted by Crippen LogP contribution is 2.31. The van der Waals surface area contributed by atoms with Crippen LogP contribution in [0.5, 0.6) is 0 Å². The summed E-state index contributed by atoms with van der Waals surface area (Å²) in [5, 5.41) is 2.86. The first-order valence-corrected chi connectivity index (χ1v) is 8.42. The summed E-state index contributed by atoms with van der Waals surface area (Å²) in [5.41, 5.74) is 1.39. The summed E-state index contributed by atoms with van der Waals surface area (Å²) in [6.07, 6.45) is 0. The van der Waals surface area contributed by atoms with Crippen LogP contribution < -0.4 is 0 Å². The number of furan rings is 1. The molecule has 3 aromatic rings. The van der Waals surface area contributed by atoms with Crippen LogP contribution in [0.4, 0.5) is 0 Å². The third-order valence-electron chi connectivity index (χ3n) is 4.46. The summed E-state index contributed by atoms with van der Waals surface area (Å²) in [4.78, 5) is 26.0. The van der Waals surface area contributed by atoms with E-state index in [0.717, 1.165) is 21.7 Å². The summed E-state index contributed by atoms with van der Waals surface area (Å²) < 4.78 is 11.0. The maximum Gasteiger partial charge on any atom is 0.375 e. The van der Waals surface area contributed by atoms with Crippen molar-refractivity contribution < 1.29 is 18.7 Å². The summed E-state index contributed by atoms with van der Waals surface area (Å²) >= 11 is 0. The van der Waals surface area contributed by atoms with E-state index in [1.165, 1.54) is 0 Å². The molecule has 0 atom stereocenters. The Bertz CT molecular complexity index is 937. The van der Waals surface area contributed by atoms with Crippen LogP contribution >= 0.6 is 0 Å². The normalized spacial score (nSPS) is 11.0. The van der Waals surface area contributed by atoms with Crippen LogP contribution in [0.15, 0.2) is 40.8 Å². The molecule has 0 aliphatic rings. The second kappa shape index (κ2) is 6.97. The van der Waals surface area contributed by atoms with Gasteiger partial charge in [0, 0.05) is 29.4 Å². The van der Waals surface area contributed by atoms with Crippen LogP contribution in [0.2, 0.25) is 0 Å². The molecule has 5 heteroatoms. The molecule has 2 aromatic carbocycles. The van der Waals surface area contributed by atoms with Gasteiger partial charge in [-0.2, -0.15) is 0 Å². The molecule has 0 N–H and O–H groups in total. The average Bonchev–Trinajstić information content (AvgIpc) is 2.98. The maximum atomic E-state index is 12.4. The van der Waals surface area contributed by atoms with E-state index >= 15 is 0 Å². The third-order valence-corrected chi connectivity index (χ3v) is 4.46. The molecule has 0 radical (unpaired) electrons. The van der Waals surface area contributed by atoms with Crippen LogP contribution in [-0.4, -0.2) is 36.5 Å². The number of fused-ring (bicyclic) bond motifs is 3. The van der Waals surface area contributed by atoms with Crippen LogP contribution in [-0.2, 0) is 9.53 Å². The predicted molar refractivity (Wildman–Crippen MR) is 96.7 cm³/mol. The van der Waals surface area contributed by atoms with Crippen molar-refractivity contribution in [2.75, 3.05) is 19.7 Å². The van der Waals surface area contributed by atoms with E-state index in [-0.39, 0.29) is 18.3 Å². The zero-order valence-corrected chi connectivity index (χ0v) is 14.7. The fourth-order valence-corrected chi connectivity index (χ4v) is 3.00. The minimum absolute atomic E-state index is 0.152. The second-order valence-corrected chi connectivity index (χ2v) is 5.86. The fraction of sp³-hybridized carbons (Fsp3) is 0.300. The largest absolute Gasteiger partial charge is 0.450 e. The molecule has 0 fully saturated rings. The number of benzene rings is 2. The van der Waals surface area contributed by atoms with Crippen molar-refractivity contribution >= 4 is 33.6 Å². The van der Waals surface area contributed by atoms with Crippen molar-refractivity contribution in [1.82, 2.24) is 4.90 Å². The van der Waals surface area contributed by atoms with Gasteiger partial charge in [-0.15, -0.1) is 0 Å². The number of esters is 1. The highest BCUT2D eigenvalue weighted by Gasteiger charge is 2.22. The van der Waals surface area contributed by atoms with E-state index in [4.69, 9.17) is 9.15 Å². The van der Waals surface area contributed by atoms with E-state index in [1.54, 1.807) is 4.90 Å². The predicted octanol–water partition coefficient (Wildman–Crippen LogP) is 3.92. The molecule has 130 valence electrons. The van der Waals surface area contributed by atoms with E-state index in [2.05, 4.69) is 0 Å². The van der Waals surface area contributed by atoms with Crippen LogP contribution in [0.3, 0.4) is 0 Å². The lowest BCUT2D eigenvalue weighted by Gasteiger charge is -2.17. The van der Waals surface area contributed by atoms with Gasteiger partial charge in [-0.1, -0.05) is 36.4 Å². The van der Waals surface area contributed by atoms with E-state index in [1.807, 2.05) is 57.2 Å². The van der Waals surface area contributed by atoms with Gasteiger partial charge in [0.15, 0.2) is 6.61 Å². The molecule has 0 bridgehead atoms. The first-order valence-electron chi connectivity index (χ1n) is 8.42. The summed E-state index contributed by atoms with van der Waals surface area (Å²) in [5.74, 6) is -0.672. The highest BCUT2D eigenvalue weighted by molar-refractivity contribution is 6.08. The van der Waals surface area contributed by atoms with Gasteiger partial charge in [0.1, 0.15) is 5.58 Å². The number of ether oxygens (including phenoxy) is 1. The summed E-state index contributed by atoms with van der Waals surface area (Å²) in [7, 11) is 0. The van der Waals surface area contributed by atoms with Gasteiger partial charge in [0.2, 0.25) is 5.76 Å². The molecule has 0 saturated heterocycles. The van der Waals surface area contributed by atoms with E-state index in [0.29, 0.717) is 18.7 Å². The Kier molecular flexibility index (Phi) is 4.74. The minimum Gasteiger partial charge on any atom is -0.450 e. The van der Waals surface area contributed by atoms with Crippen molar-refractivity contribution in [2.45, 2.75) is 20.8 Å². The van der Waals surface area contributed by atoms with Gasteiger partial charge >= 0.3 is 5.97 Å². The Morgan fingerprint density at radius 3 is 2.48 bits per heavy atom. The monoisotopic (exact) mass is 339 g/mol. The van der Waals surface area contributed by atoms with E-state index < -0.39 is 5.97 Å². The number of hydrogen-bond acceptors (Lipinski definition) is 4. The number of hydrogen-bond donors (Lipinski definition) is 0. The molecule has 0 unspecified atom stereocenters. The average molecular weight is 339 g/mol. The summed E-state index contributed by atoms with van der Waals surface area (Å²) in [6, 6.07) is 11.8. The third kappa shape index (κ3) is 3.09. The standard InChI is InChI=1S/C20H21NO4/c1-4-21(5-2)17(22)12-24-20(23)18-13(3)15-11-10-14-8-6-7-9-16(14)19(15)25-18/h6-11H,4-5,12H2,1-3H3. The van der Waals surface area contributed by atoms with Crippen LogP contribution in [0.25, 0.3) is 21.7 Å². The van der Waals surface area contributed by atoms with Crippen LogP contribution in [0.1, 0.15) is 30.0 Å². The first-order chi connectivity index (χ1) is 12.1. The van der Waals surface area contributed by atoms with Crippen molar-refractivity contribution in [3.63, 3.8) is 0 Å². The molecular formula is C20H21NO4. The van der Waals surface area contributed by atoms with Crippen molar-refractivity contribution in [3.05, 3.63) is 47.7 Å². The lowest BCUT2D eigenvalue weighted by Crippen LogP contribution is -2.34. The molecule has 0 saturated carbocycles. The molecule has 5 nitrogen and oxygen atoms in total. The molecule has 0 aliphatic carbocycles. The zero-order valence-electron chi connectivity index (χ0n) is 14.7. The number of carbonyl (C=O) groups excluding carboxylic acids is 2. The van der Waals surface area contributed by atoms with Gasteiger partial charge in [-0.25, -0.2) is 4.79 Å². The Morgan fingerprint density at radius 1 is 1.04 bits per heavy atom. The van der Waals surface area contributed by atoms with Gasteiger partial charge in [-0.05, 0) is 26.2 Å². The number of amides is 1. The number of nitrogens with zero attached hydrogens (tertiary/aromatic N) is 1. The lowest BCUT2D eigenvalue weighted by molar-refractivity contribution is -0.134. The number of carbonyl (C=O) groups is 2. The molecule has 25 heavy (non-hydrogen) atoms. The Labute approximate surface area is 146 Å². The lowest BCUT2D eigenvalue weighted by atomic mass is 10.1. The zero-order chi connectivity index (χ0) is 18.0. The molecule has 3 rings (SSSR count). The van der Waals surface area contributed by atoms with Gasteiger partial charge in [-0.3, -0.25) is 4.79 Å². The van der Waals surface area contributed by atoms with Crippen molar-refractivity contribution in [2.24, 2.45) is 0 Å². The molecule has 1 heterocycles. The Morgan fingerprint density at radius 2 is 1.76 bits per heavy atom. The molecule has 0 spiro atoms. The maximum absolute atomic E-state index is 12.4. The smallest absolute Gasteiger partial charge is 0.375 e. The van der Waals surface area contributed by atoms with Gasteiger partial charge in [0.05, 0.1) is 0 Å². The second-order valence-electron chi connectivity index (χ2n) is 5.86. The minimum atomic E-state index is -0.613. The quantitative estimate of drug-likeness (QED) is 0.661. The number of aryl methyl sites for hydroxylation is 1. The fourth-order valence-electron chi connectivity index (χ4n) is 3.00. The van der Waals surface area contributed by atoms with Crippen molar-refractivity contribution in [3.8, 4) is 0 Å². The first kappa shape index (κ1) is 17.0. The number of rotatable bonds is 5. The molecule has 1 aromatic heterocycles. The molecular weight excluding hydrogens is 318 g/mol. The van der Waals surface area contributed by atoms with E-state index in [9.17, 15) is 9.59 Å². The highest BCUT2D eigenvalue weighted by atomic mass is 16.5. The number of likely N-dealkylation sites (N-methyl/N-ethyl adjacent to an activating group) is 1. The topological polar surface area (TPSA) is 59.8 Å². The Hall–Kier alpha value is -2.82. The van der Waals surface area contributed by atoms with Gasteiger partial charge < -0.3 is 14.1 Å². The summed E-state index contributed by atoms with van der Waals surface area (Å²) in [6.45, 7) is 6.49. The van der Waals surface area contributed by atoms with Crippen LogP contribution in [0, 0.1) is 6.92 Å². The SMILES string of the molecule is CCN(CC)C(=O)COC(=O)c1oc2c(ccc3ccccc32)c1C. The van der Waals surface area contributed by atoms with Crippen molar-refractivity contribution in [1.29, 1.82) is 0 Å². The molecule has 1 amide bonds.